The van der Waals surface area contributed by atoms with Gasteiger partial charge in [0, 0.05) is 38.5 Å². The lowest BCUT2D eigenvalue weighted by molar-refractivity contribution is -0.123. The summed E-state index contributed by atoms with van der Waals surface area (Å²) in [7, 11) is 0. The highest BCUT2D eigenvalue weighted by Crippen LogP contribution is 2.52. The van der Waals surface area contributed by atoms with E-state index in [1.807, 2.05) is 12.1 Å². The summed E-state index contributed by atoms with van der Waals surface area (Å²) >= 11 is 6.37. The fourth-order valence-electron chi connectivity index (χ4n) is 6.99. The highest BCUT2D eigenvalue weighted by atomic mass is 35.5. The molecule has 0 bridgehead atoms. The van der Waals surface area contributed by atoms with Gasteiger partial charge >= 0.3 is 0 Å². The standard InChI is InChI=1S/C27H35ClN6O/c28-23-13-20(8-7-19(23)15-29)34-24(18-5-1-2-6-18)14-25(31-34)33-16-21-22(17-33)26(21)27(35)30-9-12-32-10-3-4-11-32/h7-8,13,18,21-22,24,26H,1-6,9-12,14,16-17H2,(H,30,35)/t21-,22+,24?,26?. The van der Waals surface area contributed by atoms with Crippen molar-refractivity contribution in [3.8, 4) is 6.07 Å². The third kappa shape index (κ3) is 4.51. The van der Waals surface area contributed by atoms with Crippen molar-refractivity contribution in [3.05, 3.63) is 28.8 Å². The van der Waals surface area contributed by atoms with Crippen molar-refractivity contribution in [1.82, 2.24) is 15.1 Å². The Morgan fingerprint density at radius 2 is 1.89 bits per heavy atom. The molecule has 186 valence electrons. The van der Waals surface area contributed by atoms with E-state index in [0.29, 0.717) is 34.4 Å². The zero-order valence-electron chi connectivity index (χ0n) is 20.3. The van der Waals surface area contributed by atoms with Gasteiger partial charge in [-0.3, -0.25) is 9.80 Å². The summed E-state index contributed by atoms with van der Waals surface area (Å²) in [4.78, 5) is 17.6. The van der Waals surface area contributed by atoms with Crippen molar-refractivity contribution in [2.24, 2.45) is 28.8 Å². The third-order valence-corrected chi connectivity index (χ3v) is 9.31. The predicted molar refractivity (Wildman–Crippen MR) is 137 cm³/mol. The summed E-state index contributed by atoms with van der Waals surface area (Å²) in [5, 5.41) is 20.2. The smallest absolute Gasteiger partial charge is 0.223 e. The van der Waals surface area contributed by atoms with Crippen molar-refractivity contribution >= 4 is 29.0 Å². The molecule has 2 unspecified atom stereocenters. The fraction of sp³-hybridized carbons (Fsp3) is 0.667. The number of hydrazone groups is 1. The van der Waals surface area contributed by atoms with Crippen molar-refractivity contribution < 1.29 is 4.79 Å². The van der Waals surface area contributed by atoms with Gasteiger partial charge in [0.25, 0.3) is 0 Å². The summed E-state index contributed by atoms with van der Waals surface area (Å²) < 4.78 is 0. The van der Waals surface area contributed by atoms with Gasteiger partial charge in [-0.25, -0.2) is 0 Å². The molecule has 1 N–H and O–H groups in total. The Balaban J connectivity index is 1.08. The SMILES string of the molecule is N#Cc1ccc(N2N=C(N3C[C@@H]4C(C(=O)NCCN5CCCC5)[C@@H]4C3)CC2C2CCCC2)cc1Cl. The largest absolute Gasteiger partial charge is 0.358 e. The average molecular weight is 495 g/mol. The lowest BCUT2D eigenvalue weighted by Gasteiger charge is -2.28. The summed E-state index contributed by atoms with van der Waals surface area (Å²) in [6.45, 7) is 5.98. The number of halogens is 1. The molecule has 2 saturated heterocycles. The molecule has 0 radical (unpaired) electrons. The van der Waals surface area contributed by atoms with Crippen LogP contribution < -0.4 is 10.3 Å². The fourth-order valence-corrected chi connectivity index (χ4v) is 7.20. The molecule has 1 amide bonds. The Bertz CT molecular complexity index is 1030. The second-order valence-corrected chi connectivity index (χ2v) is 11.5. The molecule has 35 heavy (non-hydrogen) atoms. The number of hydrogen-bond donors (Lipinski definition) is 1. The van der Waals surface area contributed by atoms with Gasteiger partial charge in [0.15, 0.2) is 0 Å². The molecule has 6 rings (SSSR count). The highest BCUT2D eigenvalue weighted by Gasteiger charge is 2.60. The molecule has 4 fully saturated rings. The number of nitrogens with one attached hydrogen (secondary N) is 1. The first-order valence-corrected chi connectivity index (χ1v) is 13.8. The molecule has 3 heterocycles. The third-order valence-electron chi connectivity index (χ3n) is 9.00. The monoisotopic (exact) mass is 494 g/mol. The summed E-state index contributed by atoms with van der Waals surface area (Å²) in [5.41, 5.74) is 1.47. The van der Waals surface area contributed by atoms with E-state index >= 15 is 0 Å². The van der Waals surface area contributed by atoms with Crippen LogP contribution in [-0.2, 0) is 4.79 Å². The van der Waals surface area contributed by atoms with Gasteiger partial charge in [0.05, 0.1) is 22.3 Å². The second kappa shape index (κ2) is 9.63. The maximum atomic E-state index is 12.7. The molecule has 1 aromatic rings. The molecule has 0 aromatic heterocycles. The minimum absolute atomic E-state index is 0.186. The normalized spacial score (nSPS) is 30.5. The van der Waals surface area contributed by atoms with Gasteiger partial charge in [0.2, 0.25) is 5.91 Å². The first kappa shape index (κ1) is 23.1. The van der Waals surface area contributed by atoms with Crippen LogP contribution in [0.15, 0.2) is 23.3 Å². The zero-order chi connectivity index (χ0) is 23.9. The Hall–Kier alpha value is -2.30. The van der Waals surface area contributed by atoms with E-state index in [4.69, 9.17) is 16.7 Å². The van der Waals surface area contributed by atoms with E-state index in [9.17, 15) is 10.1 Å². The van der Waals surface area contributed by atoms with Crippen molar-refractivity contribution in [3.63, 3.8) is 0 Å². The number of amidine groups is 1. The van der Waals surface area contributed by atoms with Crippen LogP contribution in [0.2, 0.25) is 5.02 Å². The number of nitrogens with zero attached hydrogens (tertiary/aromatic N) is 5. The molecule has 2 aliphatic carbocycles. The number of likely N-dealkylation sites (tertiary alicyclic amines) is 2. The van der Waals surface area contributed by atoms with Crippen LogP contribution in [0, 0.1) is 35.0 Å². The quantitative estimate of drug-likeness (QED) is 0.653. The van der Waals surface area contributed by atoms with Crippen molar-refractivity contribution in [2.75, 3.05) is 44.3 Å². The lowest BCUT2D eigenvalue weighted by atomic mass is 9.94. The number of amides is 1. The van der Waals surface area contributed by atoms with E-state index in [2.05, 4.69) is 26.2 Å². The van der Waals surface area contributed by atoms with Gasteiger partial charge in [-0.1, -0.05) is 24.4 Å². The molecule has 1 aromatic carbocycles. The number of nitriles is 1. The number of benzene rings is 1. The van der Waals surface area contributed by atoms with Crippen molar-refractivity contribution in [2.45, 2.75) is 51.0 Å². The van der Waals surface area contributed by atoms with Gasteiger partial charge in [-0.2, -0.15) is 10.4 Å². The van der Waals surface area contributed by atoms with Crippen LogP contribution in [0.1, 0.15) is 50.5 Å². The Morgan fingerprint density at radius 1 is 1.14 bits per heavy atom. The van der Waals surface area contributed by atoms with Gasteiger partial charge in [-0.05, 0) is 74.7 Å². The molecule has 4 atom stereocenters. The number of piperidine rings is 1. The van der Waals surface area contributed by atoms with Gasteiger partial charge in [-0.15, -0.1) is 0 Å². The first-order chi connectivity index (χ1) is 17.1. The molecule has 2 saturated carbocycles. The van der Waals surface area contributed by atoms with Crippen LogP contribution in [0.5, 0.6) is 0 Å². The summed E-state index contributed by atoms with van der Waals surface area (Å²) in [5.74, 6) is 3.16. The second-order valence-electron chi connectivity index (χ2n) is 11.1. The van der Waals surface area contributed by atoms with Crippen LogP contribution in [0.25, 0.3) is 0 Å². The maximum Gasteiger partial charge on any atom is 0.223 e. The number of anilines is 1. The van der Waals surface area contributed by atoms with Gasteiger partial charge in [0.1, 0.15) is 11.9 Å². The maximum absolute atomic E-state index is 12.7. The topological polar surface area (TPSA) is 75.0 Å². The number of fused-ring (bicyclic) bond motifs is 1. The van der Waals surface area contributed by atoms with Gasteiger partial charge < -0.3 is 15.1 Å². The van der Waals surface area contributed by atoms with Crippen molar-refractivity contribution in [1.29, 1.82) is 5.26 Å². The minimum atomic E-state index is 0.186. The predicted octanol–water partition coefficient (Wildman–Crippen LogP) is 3.68. The first-order valence-electron chi connectivity index (χ1n) is 13.4. The Labute approximate surface area is 213 Å². The van der Waals surface area contributed by atoms with E-state index in [1.54, 1.807) is 6.07 Å². The molecular weight excluding hydrogens is 460 g/mol. The highest BCUT2D eigenvalue weighted by molar-refractivity contribution is 6.32. The van der Waals surface area contributed by atoms with Crippen LogP contribution >= 0.6 is 11.6 Å². The summed E-state index contributed by atoms with van der Waals surface area (Å²) in [6, 6.07) is 8.16. The number of hydrogen-bond acceptors (Lipinski definition) is 6. The molecule has 7 nitrogen and oxygen atoms in total. The molecule has 8 heteroatoms. The average Bonchev–Trinajstić information content (AvgIpc) is 3.50. The van der Waals surface area contributed by atoms with Crippen LogP contribution in [0.4, 0.5) is 5.69 Å². The zero-order valence-corrected chi connectivity index (χ0v) is 21.1. The minimum Gasteiger partial charge on any atom is -0.358 e. The molecular formula is C27H35ClN6O. The summed E-state index contributed by atoms with van der Waals surface area (Å²) in [6.07, 6.45) is 8.61. The van der Waals surface area contributed by atoms with E-state index in [1.165, 1.54) is 51.6 Å². The number of carbonyl (C=O) groups is 1. The van der Waals surface area contributed by atoms with E-state index in [0.717, 1.165) is 44.1 Å². The molecule has 5 aliphatic rings. The lowest BCUT2D eigenvalue weighted by Crippen LogP contribution is -2.38. The van der Waals surface area contributed by atoms with E-state index in [-0.39, 0.29) is 11.8 Å². The van der Waals surface area contributed by atoms with Crippen LogP contribution in [0.3, 0.4) is 0 Å². The molecule has 0 spiro atoms. The Kier molecular flexibility index (Phi) is 6.36. The van der Waals surface area contributed by atoms with Crippen LogP contribution in [-0.4, -0.2) is 66.9 Å². The number of carbonyl (C=O) groups excluding carboxylic acids is 1. The number of rotatable bonds is 6. The molecule has 3 aliphatic heterocycles. The Morgan fingerprint density at radius 3 is 2.57 bits per heavy atom. The van der Waals surface area contributed by atoms with E-state index < -0.39 is 0 Å².